The molecule has 0 radical (unpaired) electrons. The fraction of sp³-hybridized carbons (Fsp3) is 0.208. The number of nitrogen functional groups attached to an aromatic ring is 1. The number of aromatic nitrogens is 3. The van der Waals surface area contributed by atoms with Crippen LogP contribution in [0.3, 0.4) is 0 Å². The number of hydrogen-bond donors (Lipinski definition) is 2. The third-order valence-electron chi connectivity index (χ3n) is 5.94. The van der Waals surface area contributed by atoms with E-state index in [9.17, 15) is 14.8 Å². The van der Waals surface area contributed by atoms with Crippen LogP contribution >= 0.6 is 0 Å². The topological polar surface area (TPSA) is 101 Å². The van der Waals surface area contributed by atoms with E-state index in [2.05, 4.69) is 10.1 Å². The zero-order chi connectivity index (χ0) is 22.6. The van der Waals surface area contributed by atoms with Crippen LogP contribution in [0, 0.1) is 23.0 Å². The lowest BCUT2D eigenvalue weighted by atomic mass is 9.77. The second-order valence-electron chi connectivity index (χ2n) is 8.41. The number of pyridine rings is 1. The molecule has 1 saturated carbocycles. The van der Waals surface area contributed by atoms with Gasteiger partial charge >= 0.3 is 0 Å². The number of benzene rings is 2. The molecule has 5 rings (SSSR count). The van der Waals surface area contributed by atoms with Gasteiger partial charge in [-0.2, -0.15) is 10.4 Å². The predicted molar refractivity (Wildman–Crippen MR) is 116 cm³/mol. The van der Waals surface area contributed by atoms with Crippen LogP contribution < -0.4 is 5.73 Å². The Hall–Kier alpha value is -3.83. The van der Waals surface area contributed by atoms with Crippen LogP contribution in [0.15, 0.2) is 48.5 Å². The average Bonchev–Trinajstić information content (AvgIpc) is 3.08. The van der Waals surface area contributed by atoms with Crippen LogP contribution in [0.4, 0.5) is 14.6 Å². The molecule has 4 aromatic rings. The molecule has 1 aliphatic rings. The van der Waals surface area contributed by atoms with Crippen molar-refractivity contribution in [3.8, 4) is 28.6 Å². The summed E-state index contributed by atoms with van der Waals surface area (Å²) in [5.74, 6) is -1.14. The number of nitrogens with two attached hydrogens (primary N) is 1. The van der Waals surface area contributed by atoms with Gasteiger partial charge in [0.25, 0.3) is 0 Å². The Morgan fingerprint density at radius 1 is 1.16 bits per heavy atom. The van der Waals surface area contributed by atoms with Gasteiger partial charge in [0, 0.05) is 16.5 Å². The number of nitriles is 1. The molecule has 8 heteroatoms. The summed E-state index contributed by atoms with van der Waals surface area (Å²) in [5, 5.41) is 24.4. The molecule has 2 aromatic carbocycles. The van der Waals surface area contributed by atoms with Gasteiger partial charge in [0.1, 0.15) is 40.2 Å². The summed E-state index contributed by atoms with van der Waals surface area (Å²) in [6, 6.07) is 14.8. The van der Waals surface area contributed by atoms with Crippen molar-refractivity contribution in [3.05, 3.63) is 65.7 Å². The second-order valence-corrected chi connectivity index (χ2v) is 8.41. The zero-order valence-electron chi connectivity index (χ0n) is 17.2. The van der Waals surface area contributed by atoms with Crippen molar-refractivity contribution < 1.29 is 13.9 Å². The highest BCUT2D eigenvalue weighted by Crippen LogP contribution is 2.43. The Kier molecular flexibility index (Phi) is 4.46. The maximum atomic E-state index is 15.6. The van der Waals surface area contributed by atoms with Crippen LogP contribution in [-0.4, -0.2) is 25.5 Å². The summed E-state index contributed by atoms with van der Waals surface area (Å²) in [4.78, 5) is 4.27. The van der Waals surface area contributed by atoms with Crippen molar-refractivity contribution >= 4 is 16.7 Å². The van der Waals surface area contributed by atoms with Gasteiger partial charge in [-0.1, -0.05) is 36.4 Å². The van der Waals surface area contributed by atoms with Crippen molar-refractivity contribution in [1.29, 1.82) is 5.26 Å². The summed E-state index contributed by atoms with van der Waals surface area (Å²) in [6.45, 7) is 1.72. The Labute approximate surface area is 182 Å². The Bertz CT molecular complexity index is 1400. The average molecular weight is 431 g/mol. The molecule has 1 aliphatic carbocycles. The summed E-state index contributed by atoms with van der Waals surface area (Å²) in [5.41, 5.74) is 6.09. The molecule has 2 aromatic heterocycles. The van der Waals surface area contributed by atoms with E-state index in [0.29, 0.717) is 23.8 Å². The molecule has 32 heavy (non-hydrogen) atoms. The van der Waals surface area contributed by atoms with Gasteiger partial charge in [-0.15, -0.1) is 0 Å². The van der Waals surface area contributed by atoms with Gasteiger partial charge < -0.3 is 10.8 Å². The lowest BCUT2D eigenvalue weighted by Crippen LogP contribution is -2.42. The van der Waals surface area contributed by atoms with Crippen molar-refractivity contribution in [2.24, 2.45) is 0 Å². The van der Waals surface area contributed by atoms with E-state index in [0.717, 1.165) is 0 Å². The van der Waals surface area contributed by atoms with E-state index in [1.54, 1.807) is 43.3 Å². The maximum Gasteiger partial charge on any atom is 0.158 e. The number of halogens is 2. The normalized spacial score (nSPS) is 20.2. The molecule has 0 atom stereocenters. The summed E-state index contributed by atoms with van der Waals surface area (Å²) >= 11 is 0. The van der Waals surface area contributed by atoms with E-state index in [1.165, 1.54) is 16.8 Å². The van der Waals surface area contributed by atoms with Crippen molar-refractivity contribution in [1.82, 2.24) is 14.8 Å². The van der Waals surface area contributed by atoms with Crippen LogP contribution in [-0.2, 0) is 0 Å². The maximum absolute atomic E-state index is 15.6. The number of hydrogen-bond acceptors (Lipinski definition) is 5. The molecule has 0 amide bonds. The van der Waals surface area contributed by atoms with E-state index < -0.39 is 17.2 Å². The molecule has 0 bridgehead atoms. The first kappa shape index (κ1) is 20.1. The third kappa shape index (κ3) is 3.10. The molecule has 0 unspecified atom stereocenters. The van der Waals surface area contributed by atoms with Gasteiger partial charge in [-0.05, 0) is 31.9 Å². The minimum absolute atomic E-state index is 0.0219. The molecule has 2 heterocycles. The summed E-state index contributed by atoms with van der Waals surface area (Å²) in [6.07, 6.45) is 0.870. The van der Waals surface area contributed by atoms with Gasteiger partial charge in [-0.25, -0.2) is 18.4 Å². The number of aliphatic hydroxyl groups is 1. The quantitative estimate of drug-likeness (QED) is 0.494. The molecular formula is C24H19F2N5O. The van der Waals surface area contributed by atoms with E-state index in [1.807, 2.05) is 6.07 Å². The van der Waals surface area contributed by atoms with E-state index >= 15 is 4.39 Å². The summed E-state index contributed by atoms with van der Waals surface area (Å²) < 4.78 is 31.8. The first-order chi connectivity index (χ1) is 15.3. The highest BCUT2D eigenvalue weighted by Gasteiger charge is 2.41. The fourth-order valence-corrected chi connectivity index (χ4v) is 4.31. The summed E-state index contributed by atoms with van der Waals surface area (Å²) in [7, 11) is 0. The minimum Gasteiger partial charge on any atom is -0.390 e. The van der Waals surface area contributed by atoms with Crippen molar-refractivity contribution in [2.45, 2.75) is 31.4 Å². The van der Waals surface area contributed by atoms with Gasteiger partial charge in [0.2, 0.25) is 0 Å². The molecule has 0 spiro atoms. The number of nitrogens with zero attached hydrogens (tertiary/aromatic N) is 4. The highest BCUT2D eigenvalue weighted by molar-refractivity contribution is 5.88. The second kappa shape index (κ2) is 7.11. The number of rotatable bonds is 3. The Balaban J connectivity index is 1.66. The van der Waals surface area contributed by atoms with Crippen LogP contribution in [0.1, 0.15) is 31.4 Å². The Morgan fingerprint density at radius 3 is 2.53 bits per heavy atom. The molecule has 1 fully saturated rings. The standard InChI is InChI=1S/C24H19F2N5O/c1-24(32)10-15(11-24)31-23(28)17(12-27)22(30-31)16-8-7-14-9-18(25)20(29-21(14)19(16)26)13-5-3-2-4-6-13/h2-9,15,32H,10-11,28H2,1H3/t15-,24+. The zero-order valence-corrected chi connectivity index (χ0v) is 17.2. The third-order valence-corrected chi connectivity index (χ3v) is 5.94. The lowest BCUT2D eigenvalue weighted by Gasteiger charge is -2.41. The fourth-order valence-electron chi connectivity index (χ4n) is 4.31. The molecule has 0 saturated heterocycles. The van der Waals surface area contributed by atoms with E-state index in [-0.39, 0.29) is 39.9 Å². The molecule has 0 aliphatic heterocycles. The predicted octanol–water partition coefficient (Wildman–Crippen LogP) is 4.58. The Morgan fingerprint density at radius 2 is 1.88 bits per heavy atom. The first-order valence-electron chi connectivity index (χ1n) is 10.1. The van der Waals surface area contributed by atoms with Gasteiger partial charge in [0.05, 0.1) is 11.6 Å². The smallest absolute Gasteiger partial charge is 0.158 e. The largest absolute Gasteiger partial charge is 0.390 e. The van der Waals surface area contributed by atoms with Crippen LogP contribution in [0.2, 0.25) is 0 Å². The molecule has 3 N–H and O–H groups in total. The van der Waals surface area contributed by atoms with Crippen molar-refractivity contribution in [2.75, 3.05) is 5.73 Å². The monoisotopic (exact) mass is 431 g/mol. The van der Waals surface area contributed by atoms with Crippen LogP contribution in [0.5, 0.6) is 0 Å². The van der Waals surface area contributed by atoms with Gasteiger partial charge in [-0.3, -0.25) is 0 Å². The van der Waals surface area contributed by atoms with Gasteiger partial charge in [0.15, 0.2) is 5.82 Å². The number of anilines is 1. The minimum atomic E-state index is -0.813. The molecular weight excluding hydrogens is 412 g/mol. The van der Waals surface area contributed by atoms with Crippen molar-refractivity contribution in [3.63, 3.8) is 0 Å². The lowest BCUT2D eigenvalue weighted by molar-refractivity contribution is -0.0535. The first-order valence-corrected chi connectivity index (χ1v) is 10.1. The number of fused-ring (bicyclic) bond motifs is 1. The highest BCUT2D eigenvalue weighted by atomic mass is 19.1. The van der Waals surface area contributed by atoms with Crippen LogP contribution in [0.25, 0.3) is 33.4 Å². The SMILES string of the molecule is C[C@]1(O)C[C@@H](n2nc(-c3ccc4cc(F)c(-c5ccccc5)nc4c3F)c(C#N)c2N)C1. The molecule has 160 valence electrons. The van der Waals surface area contributed by atoms with E-state index in [4.69, 9.17) is 5.73 Å². The molecule has 6 nitrogen and oxygen atoms in total.